The summed E-state index contributed by atoms with van der Waals surface area (Å²) in [6, 6.07) is 7.78. The van der Waals surface area contributed by atoms with Gasteiger partial charge < -0.3 is 19.7 Å². The molecule has 0 unspecified atom stereocenters. The number of methoxy groups -OCH3 is 2. The van der Waals surface area contributed by atoms with Crippen molar-refractivity contribution in [3.8, 4) is 17.6 Å². The van der Waals surface area contributed by atoms with Crippen molar-refractivity contribution in [1.29, 1.82) is 5.26 Å². The van der Waals surface area contributed by atoms with E-state index in [1.165, 1.54) is 11.1 Å². The van der Waals surface area contributed by atoms with Gasteiger partial charge in [-0.15, -0.1) is 0 Å². The molecule has 0 spiro atoms. The minimum absolute atomic E-state index is 0.0884. The van der Waals surface area contributed by atoms with Crippen molar-refractivity contribution in [2.45, 2.75) is 39.5 Å². The third-order valence-corrected chi connectivity index (χ3v) is 6.77. The lowest BCUT2D eigenvalue weighted by Crippen LogP contribution is -2.49. The van der Waals surface area contributed by atoms with Crippen LogP contribution in [0.1, 0.15) is 42.7 Å². The molecule has 1 aromatic carbocycles. The van der Waals surface area contributed by atoms with Crippen molar-refractivity contribution in [2.75, 3.05) is 57.2 Å². The second-order valence-electron chi connectivity index (χ2n) is 9.66. The number of rotatable bonds is 8. The number of anilines is 2. The molecule has 1 fully saturated rings. The number of nitrogens with zero attached hydrogens (tertiary/aromatic N) is 4. The molecular weight excluding hydrogens is 442 g/mol. The lowest BCUT2D eigenvalue weighted by molar-refractivity contribution is -0.117. The number of ether oxygens (including phenoxy) is 2. The topological polar surface area (TPSA) is 90.7 Å². The lowest BCUT2D eigenvalue weighted by Gasteiger charge is -2.36. The van der Waals surface area contributed by atoms with Gasteiger partial charge in [0.2, 0.25) is 5.91 Å². The Kier molecular flexibility index (Phi) is 7.76. The van der Waals surface area contributed by atoms with Crippen molar-refractivity contribution < 1.29 is 14.3 Å². The Morgan fingerprint density at radius 2 is 1.89 bits per heavy atom. The zero-order valence-corrected chi connectivity index (χ0v) is 21.2. The molecular formula is C27H35N5O3. The van der Waals surface area contributed by atoms with E-state index in [1.54, 1.807) is 32.4 Å². The average Bonchev–Trinajstić information content (AvgIpc) is 3.34. The van der Waals surface area contributed by atoms with E-state index in [-0.39, 0.29) is 5.91 Å². The summed E-state index contributed by atoms with van der Waals surface area (Å²) in [7, 11) is 3.16. The Bertz CT molecular complexity index is 1120. The summed E-state index contributed by atoms with van der Waals surface area (Å²) in [5.41, 5.74) is 5.06. The number of piperazine rings is 1. The first kappa shape index (κ1) is 24.8. The molecule has 1 aliphatic carbocycles. The maximum Gasteiger partial charge on any atom is 0.238 e. The van der Waals surface area contributed by atoms with Gasteiger partial charge in [-0.3, -0.25) is 9.69 Å². The molecule has 1 N–H and O–H groups in total. The Morgan fingerprint density at radius 3 is 2.54 bits per heavy atom. The van der Waals surface area contributed by atoms with Crippen LogP contribution in [0.3, 0.4) is 0 Å². The Balaban J connectivity index is 1.41. The fourth-order valence-corrected chi connectivity index (χ4v) is 5.04. The minimum atomic E-state index is -0.0884. The molecule has 35 heavy (non-hydrogen) atoms. The van der Waals surface area contributed by atoms with E-state index in [4.69, 9.17) is 14.5 Å². The predicted octanol–water partition coefficient (Wildman–Crippen LogP) is 3.42. The summed E-state index contributed by atoms with van der Waals surface area (Å²) in [6.07, 6.45) is 4.03. The summed E-state index contributed by atoms with van der Waals surface area (Å²) in [5.74, 6) is 2.49. The first-order valence-corrected chi connectivity index (χ1v) is 12.4. The molecule has 2 heterocycles. The Labute approximate surface area is 207 Å². The normalized spacial score (nSPS) is 15.6. The smallest absolute Gasteiger partial charge is 0.238 e. The minimum Gasteiger partial charge on any atom is -0.497 e. The van der Waals surface area contributed by atoms with Crippen LogP contribution in [0.15, 0.2) is 18.2 Å². The SMILES string of the molecule is COc1ccc(NC(=O)CN2CCN(c3nc(CC(C)C)c4c(c3C#N)CCC4)CC2)c(OC)c1. The number of aromatic nitrogens is 1. The van der Waals surface area contributed by atoms with Crippen LogP contribution >= 0.6 is 0 Å². The van der Waals surface area contributed by atoms with Gasteiger partial charge in [0.25, 0.3) is 0 Å². The molecule has 2 aromatic rings. The van der Waals surface area contributed by atoms with Crippen molar-refractivity contribution in [2.24, 2.45) is 5.92 Å². The second kappa shape index (κ2) is 11.0. The van der Waals surface area contributed by atoms with E-state index in [2.05, 4.69) is 35.0 Å². The fraction of sp³-hybridized carbons (Fsp3) is 0.519. The number of hydrogen-bond donors (Lipinski definition) is 1. The van der Waals surface area contributed by atoms with Crippen LogP contribution in [0.5, 0.6) is 11.5 Å². The van der Waals surface area contributed by atoms with E-state index in [9.17, 15) is 10.1 Å². The monoisotopic (exact) mass is 477 g/mol. The van der Waals surface area contributed by atoms with E-state index >= 15 is 0 Å². The third-order valence-electron chi connectivity index (χ3n) is 6.77. The summed E-state index contributed by atoms with van der Waals surface area (Å²) in [6.45, 7) is 7.66. The Morgan fingerprint density at radius 1 is 1.14 bits per heavy atom. The number of nitriles is 1. The van der Waals surface area contributed by atoms with E-state index < -0.39 is 0 Å². The molecule has 0 radical (unpaired) electrons. The van der Waals surface area contributed by atoms with Crippen molar-refractivity contribution in [3.05, 3.63) is 40.6 Å². The fourth-order valence-electron chi connectivity index (χ4n) is 5.04. The number of carbonyl (C=O) groups excluding carboxylic acids is 1. The van der Waals surface area contributed by atoms with Gasteiger partial charge >= 0.3 is 0 Å². The highest BCUT2D eigenvalue weighted by atomic mass is 16.5. The highest BCUT2D eigenvalue weighted by Crippen LogP contribution is 2.34. The van der Waals surface area contributed by atoms with Crippen LogP contribution in [0.25, 0.3) is 0 Å². The lowest BCUT2D eigenvalue weighted by atomic mass is 9.97. The number of nitrogens with one attached hydrogen (secondary N) is 1. The average molecular weight is 478 g/mol. The molecule has 8 nitrogen and oxygen atoms in total. The standard InChI is InChI=1S/C27H35N5O3/c1-18(2)14-24-21-7-5-6-20(21)22(16-28)27(30-24)32-12-10-31(11-13-32)17-26(33)29-23-9-8-19(34-3)15-25(23)35-4/h8-9,15,18H,5-7,10-14,17H2,1-4H3,(H,29,33). The van der Waals surface area contributed by atoms with E-state index in [0.29, 0.717) is 29.6 Å². The van der Waals surface area contributed by atoms with Gasteiger partial charge in [-0.1, -0.05) is 13.8 Å². The van der Waals surface area contributed by atoms with E-state index in [1.807, 2.05) is 0 Å². The van der Waals surface area contributed by atoms with Gasteiger partial charge in [0.05, 0.1) is 32.0 Å². The molecule has 1 amide bonds. The number of hydrogen-bond acceptors (Lipinski definition) is 7. The van der Waals surface area contributed by atoms with Gasteiger partial charge in [0, 0.05) is 37.9 Å². The first-order chi connectivity index (χ1) is 16.9. The Hall–Kier alpha value is -3.31. The number of fused-ring (bicyclic) bond motifs is 1. The zero-order chi connectivity index (χ0) is 24.9. The molecule has 1 saturated heterocycles. The van der Waals surface area contributed by atoms with Gasteiger partial charge in [-0.2, -0.15) is 5.26 Å². The van der Waals surface area contributed by atoms with Crippen LogP contribution < -0.4 is 19.7 Å². The number of pyridine rings is 1. The molecule has 0 atom stereocenters. The zero-order valence-electron chi connectivity index (χ0n) is 21.2. The molecule has 1 aromatic heterocycles. The number of carbonyl (C=O) groups is 1. The summed E-state index contributed by atoms with van der Waals surface area (Å²) >= 11 is 0. The van der Waals surface area contributed by atoms with Gasteiger partial charge in [0.1, 0.15) is 23.4 Å². The highest BCUT2D eigenvalue weighted by Gasteiger charge is 2.28. The van der Waals surface area contributed by atoms with Crippen LogP contribution in [0, 0.1) is 17.2 Å². The van der Waals surface area contributed by atoms with Crippen LogP contribution in [0.2, 0.25) is 0 Å². The predicted molar refractivity (Wildman–Crippen MR) is 136 cm³/mol. The van der Waals surface area contributed by atoms with Gasteiger partial charge in [-0.05, 0) is 54.9 Å². The van der Waals surface area contributed by atoms with Crippen molar-refractivity contribution in [3.63, 3.8) is 0 Å². The third kappa shape index (κ3) is 5.51. The number of amides is 1. The highest BCUT2D eigenvalue weighted by molar-refractivity contribution is 5.93. The van der Waals surface area contributed by atoms with Crippen LogP contribution in [0.4, 0.5) is 11.5 Å². The van der Waals surface area contributed by atoms with E-state index in [0.717, 1.165) is 68.9 Å². The van der Waals surface area contributed by atoms with Gasteiger partial charge in [-0.25, -0.2) is 4.98 Å². The maximum absolute atomic E-state index is 12.7. The second-order valence-corrected chi connectivity index (χ2v) is 9.66. The molecule has 186 valence electrons. The molecule has 8 heteroatoms. The molecule has 2 aliphatic rings. The number of benzene rings is 1. The summed E-state index contributed by atoms with van der Waals surface area (Å²) < 4.78 is 10.6. The molecule has 0 saturated carbocycles. The summed E-state index contributed by atoms with van der Waals surface area (Å²) in [4.78, 5) is 22.1. The summed E-state index contributed by atoms with van der Waals surface area (Å²) in [5, 5.41) is 12.9. The van der Waals surface area contributed by atoms with Crippen molar-refractivity contribution in [1.82, 2.24) is 9.88 Å². The maximum atomic E-state index is 12.7. The van der Waals surface area contributed by atoms with Crippen LogP contribution in [-0.2, 0) is 24.1 Å². The largest absolute Gasteiger partial charge is 0.497 e. The first-order valence-electron chi connectivity index (χ1n) is 12.4. The molecule has 1 aliphatic heterocycles. The molecule has 4 rings (SSSR count). The van der Waals surface area contributed by atoms with Crippen molar-refractivity contribution >= 4 is 17.4 Å². The van der Waals surface area contributed by atoms with Gasteiger partial charge in [0.15, 0.2) is 0 Å². The quantitative estimate of drug-likeness (QED) is 0.623. The molecule has 0 bridgehead atoms. The van der Waals surface area contributed by atoms with Crippen LogP contribution in [-0.4, -0.2) is 62.7 Å².